The predicted molar refractivity (Wildman–Crippen MR) is 98.9 cm³/mol. The Labute approximate surface area is 146 Å². The molecule has 1 unspecified atom stereocenters. The van der Waals surface area contributed by atoms with E-state index >= 15 is 0 Å². The lowest BCUT2D eigenvalue weighted by Gasteiger charge is -2.15. The number of carbonyl (C=O) groups excluding carboxylic acids is 1. The first-order chi connectivity index (χ1) is 10.6. The van der Waals surface area contributed by atoms with Crippen LogP contribution in [0.4, 0.5) is 5.69 Å². The van der Waals surface area contributed by atoms with E-state index in [1.165, 1.54) is 19.3 Å². The molecule has 0 spiro atoms. The van der Waals surface area contributed by atoms with Crippen molar-refractivity contribution in [1.29, 1.82) is 0 Å². The molecular formula is C18H31ClN2O2. The molecule has 0 fully saturated rings. The van der Waals surface area contributed by atoms with Gasteiger partial charge in [-0.05, 0) is 37.0 Å². The molecule has 0 heterocycles. The summed E-state index contributed by atoms with van der Waals surface area (Å²) >= 11 is 0. The first kappa shape index (κ1) is 21.9. The lowest BCUT2D eigenvalue weighted by Crippen LogP contribution is -2.32. The molecular weight excluding hydrogens is 312 g/mol. The van der Waals surface area contributed by atoms with E-state index in [0.717, 1.165) is 24.3 Å². The molecule has 0 radical (unpaired) electrons. The van der Waals surface area contributed by atoms with Crippen molar-refractivity contribution in [1.82, 2.24) is 0 Å². The highest BCUT2D eigenvalue weighted by atomic mass is 35.5. The van der Waals surface area contributed by atoms with Crippen LogP contribution < -0.4 is 11.1 Å². The van der Waals surface area contributed by atoms with Gasteiger partial charge in [0.15, 0.2) is 0 Å². The highest BCUT2D eigenvalue weighted by Gasteiger charge is 2.08. The van der Waals surface area contributed by atoms with Gasteiger partial charge in [0.2, 0.25) is 5.91 Å². The number of anilines is 1. The molecule has 2 atom stereocenters. The van der Waals surface area contributed by atoms with Gasteiger partial charge in [-0.15, -0.1) is 12.4 Å². The number of nitrogens with one attached hydrogen (secondary N) is 1. The maximum Gasteiger partial charge on any atom is 0.240 e. The minimum absolute atomic E-state index is 0. The highest BCUT2D eigenvalue weighted by molar-refractivity contribution is 5.94. The second kappa shape index (κ2) is 12.3. The summed E-state index contributed by atoms with van der Waals surface area (Å²) in [5.41, 5.74) is 7.38. The zero-order valence-electron chi connectivity index (χ0n) is 14.5. The van der Waals surface area contributed by atoms with E-state index in [4.69, 9.17) is 10.5 Å². The summed E-state index contributed by atoms with van der Waals surface area (Å²) < 4.78 is 5.84. The Kier molecular flexibility index (Phi) is 11.7. The van der Waals surface area contributed by atoms with Crippen LogP contribution in [-0.4, -0.2) is 18.6 Å². The number of hydrogen-bond donors (Lipinski definition) is 2. The van der Waals surface area contributed by atoms with Crippen molar-refractivity contribution in [2.75, 3.05) is 11.9 Å². The van der Waals surface area contributed by atoms with Gasteiger partial charge in [-0.2, -0.15) is 0 Å². The van der Waals surface area contributed by atoms with E-state index in [1.807, 2.05) is 24.3 Å². The summed E-state index contributed by atoms with van der Waals surface area (Å²) in [7, 11) is 0. The molecule has 1 rings (SSSR count). The first-order valence-corrected chi connectivity index (χ1v) is 8.29. The van der Waals surface area contributed by atoms with Gasteiger partial charge in [0.1, 0.15) is 0 Å². The Balaban J connectivity index is 0.00000484. The van der Waals surface area contributed by atoms with Crippen LogP contribution in [-0.2, 0) is 16.1 Å². The standard InChI is InChI=1S/C18H30N2O2.ClH/c1-4-6-8-15(5-2)12-22-13-16-9-7-10-17(11-16)20-18(21)14(3)19;/h7,9-11,14-15H,4-6,8,12-13,19H2,1-3H3,(H,20,21);1H/t14-,15?;/m0./s1. The fourth-order valence-electron chi connectivity index (χ4n) is 2.24. The number of ether oxygens (including phenoxy) is 1. The number of unbranched alkanes of at least 4 members (excludes halogenated alkanes) is 1. The normalized spacial score (nSPS) is 13.0. The number of hydrogen-bond acceptors (Lipinski definition) is 3. The number of halogens is 1. The van der Waals surface area contributed by atoms with E-state index in [1.54, 1.807) is 6.92 Å². The molecule has 1 aromatic carbocycles. The molecule has 1 aromatic rings. The molecule has 0 aliphatic heterocycles. The summed E-state index contributed by atoms with van der Waals surface area (Å²) in [6, 6.07) is 7.22. The van der Waals surface area contributed by atoms with Crippen LogP contribution in [0.15, 0.2) is 24.3 Å². The maximum absolute atomic E-state index is 11.6. The Hall–Kier alpha value is -1.10. The number of amides is 1. The SMILES string of the molecule is CCCCC(CC)COCc1cccc(NC(=O)[C@H](C)N)c1.Cl. The lowest BCUT2D eigenvalue weighted by molar-refractivity contribution is -0.117. The summed E-state index contributed by atoms with van der Waals surface area (Å²) in [5, 5.41) is 2.80. The molecule has 0 saturated carbocycles. The summed E-state index contributed by atoms with van der Waals surface area (Å²) in [4.78, 5) is 11.6. The molecule has 0 aromatic heterocycles. The van der Waals surface area contributed by atoms with E-state index in [2.05, 4.69) is 19.2 Å². The smallest absolute Gasteiger partial charge is 0.240 e. The van der Waals surface area contributed by atoms with Crippen LogP contribution in [0.1, 0.15) is 52.0 Å². The molecule has 3 N–H and O–H groups in total. The van der Waals surface area contributed by atoms with Crippen molar-refractivity contribution in [3.05, 3.63) is 29.8 Å². The van der Waals surface area contributed by atoms with E-state index in [9.17, 15) is 4.79 Å². The number of carbonyl (C=O) groups is 1. The third kappa shape index (κ3) is 8.94. The Morgan fingerprint density at radius 1 is 1.35 bits per heavy atom. The van der Waals surface area contributed by atoms with Crippen LogP contribution in [0.3, 0.4) is 0 Å². The van der Waals surface area contributed by atoms with Crippen LogP contribution in [0, 0.1) is 5.92 Å². The zero-order valence-corrected chi connectivity index (χ0v) is 15.3. The topological polar surface area (TPSA) is 64.3 Å². The van der Waals surface area contributed by atoms with Gasteiger partial charge >= 0.3 is 0 Å². The van der Waals surface area contributed by atoms with Gasteiger partial charge in [0, 0.05) is 12.3 Å². The maximum atomic E-state index is 11.6. The first-order valence-electron chi connectivity index (χ1n) is 8.29. The van der Waals surface area contributed by atoms with Gasteiger partial charge in [0.05, 0.1) is 12.6 Å². The third-order valence-electron chi connectivity index (χ3n) is 3.77. The third-order valence-corrected chi connectivity index (χ3v) is 3.77. The number of rotatable bonds is 10. The highest BCUT2D eigenvalue weighted by Crippen LogP contribution is 2.15. The Morgan fingerprint density at radius 2 is 2.09 bits per heavy atom. The van der Waals surface area contributed by atoms with Gasteiger partial charge in [0.25, 0.3) is 0 Å². The second-order valence-corrected chi connectivity index (χ2v) is 5.91. The van der Waals surface area contributed by atoms with Gasteiger partial charge < -0.3 is 15.8 Å². The largest absolute Gasteiger partial charge is 0.376 e. The molecule has 23 heavy (non-hydrogen) atoms. The van der Waals surface area contributed by atoms with Gasteiger partial charge in [-0.25, -0.2) is 0 Å². The van der Waals surface area contributed by atoms with Crippen molar-refractivity contribution in [2.45, 2.75) is 59.1 Å². The molecule has 0 saturated heterocycles. The molecule has 132 valence electrons. The average molecular weight is 343 g/mol. The van der Waals surface area contributed by atoms with Gasteiger partial charge in [-0.1, -0.05) is 45.2 Å². The number of nitrogens with two attached hydrogens (primary N) is 1. The van der Waals surface area contributed by atoms with Crippen LogP contribution >= 0.6 is 12.4 Å². The van der Waals surface area contributed by atoms with Crippen molar-refractivity contribution in [2.24, 2.45) is 11.7 Å². The lowest BCUT2D eigenvalue weighted by atomic mass is 10.0. The van der Waals surface area contributed by atoms with Crippen LogP contribution in [0.25, 0.3) is 0 Å². The quantitative estimate of drug-likeness (QED) is 0.672. The van der Waals surface area contributed by atoms with Crippen LogP contribution in [0.2, 0.25) is 0 Å². The predicted octanol–water partition coefficient (Wildman–Crippen LogP) is 4.13. The minimum Gasteiger partial charge on any atom is -0.376 e. The Morgan fingerprint density at radius 3 is 2.70 bits per heavy atom. The zero-order chi connectivity index (χ0) is 16.4. The minimum atomic E-state index is -0.510. The fourth-order valence-corrected chi connectivity index (χ4v) is 2.24. The molecule has 5 heteroatoms. The van der Waals surface area contributed by atoms with Gasteiger partial charge in [-0.3, -0.25) is 4.79 Å². The summed E-state index contributed by atoms with van der Waals surface area (Å²) in [6.07, 6.45) is 4.89. The van der Waals surface area contributed by atoms with E-state index in [0.29, 0.717) is 12.5 Å². The monoisotopic (exact) mass is 342 g/mol. The van der Waals surface area contributed by atoms with Crippen molar-refractivity contribution < 1.29 is 9.53 Å². The number of benzene rings is 1. The fraction of sp³-hybridized carbons (Fsp3) is 0.611. The molecule has 0 aliphatic carbocycles. The average Bonchev–Trinajstić information content (AvgIpc) is 2.51. The molecule has 1 amide bonds. The van der Waals surface area contributed by atoms with Crippen molar-refractivity contribution >= 4 is 24.0 Å². The van der Waals surface area contributed by atoms with Crippen molar-refractivity contribution in [3.63, 3.8) is 0 Å². The van der Waals surface area contributed by atoms with Crippen molar-refractivity contribution in [3.8, 4) is 0 Å². The molecule has 4 nitrogen and oxygen atoms in total. The summed E-state index contributed by atoms with van der Waals surface area (Å²) in [5.74, 6) is 0.463. The summed E-state index contributed by atoms with van der Waals surface area (Å²) in [6.45, 7) is 7.48. The van der Waals surface area contributed by atoms with E-state index < -0.39 is 6.04 Å². The van der Waals surface area contributed by atoms with Crippen LogP contribution in [0.5, 0.6) is 0 Å². The second-order valence-electron chi connectivity index (χ2n) is 5.91. The molecule has 0 bridgehead atoms. The van der Waals surface area contributed by atoms with E-state index in [-0.39, 0.29) is 18.3 Å². The molecule has 0 aliphatic rings. The Bertz CT molecular complexity index is 452.